The van der Waals surface area contributed by atoms with E-state index in [9.17, 15) is 26.3 Å². The summed E-state index contributed by atoms with van der Waals surface area (Å²) in [5, 5.41) is 2.43. The minimum Gasteiger partial charge on any atom is -0.385 e. The first-order valence-electron chi connectivity index (χ1n) is 5.38. The van der Waals surface area contributed by atoms with Crippen LogP contribution in [0.2, 0.25) is 0 Å². The van der Waals surface area contributed by atoms with Gasteiger partial charge in [0.1, 0.15) is 0 Å². The predicted octanol–water partition coefficient (Wildman–Crippen LogP) is 3.48. The van der Waals surface area contributed by atoms with Gasteiger partial charge in [-0.05, 0) is 31.2 Å². The number of nitrogens with one attached hydrogen (secondary N) is 1. The average Bonchev–Trinajstić information content (AvgIpc) is 2.27. The van der Waals surface area contributed by atoms with E-state index in [0.29, 0.717) is 12.5 Å². The molecule has 19 heavy (non-hydrogen) atoms. The third-order valence-corrected chi connectivity index (χ3v) is 2.35. The normalized spacial score (nSPS) is 12.6. The van der Waals surface area contributed by atoms with Crippen LogP contribution in [0.4, 0.5) is 32.0 Å². The zero-order chi connectivity index (χ0) is 14.7. The minimum absolute atomic E-state index is 0.102. The van der Waals surface area contributed by atoms with Crippen LogP contribution in [0.1, 0.15) is 17.5 Å². The Morgan fingerprint density at radius 3 is 2.11 bits per heavy atom. The topological polar surface area (TPSA) is 38.0 Å². The molecule has 0 aliphatic heterocycles. The first-order valence-corrected chi connectivity index (χ1v) is 5.38. The van der Waals surface area contributed by atoms with Gasteiger partial charge in [-0.15, -0.1) is 0 Å². The van der Waals surface area contributed by atoms with Crippen molar-refractivity contribution in [3.05, 3.63) is 29.3 Å². The highest BCUT2D eigenvalue weighted by Crippen LogP contribution is 2.39. The maximum atomic E-state index is 12.7. The van der Waals surface area contributed by atoms with Gasteiger partial charge >= 0.3 is 12.4 Å². The van der Waals surface area contributed by atoms with E-state index >= 15 is 0 Å². The number of hydrogen-bond donors (Lipinski definition) is 2. The molecule has 0 spiro atoms. The first kappa shape index (κ1) is 15.6. The third kappa shape index (κ3) is 4.30. The lowest BCUT2D eigenvalue weighted by Gasteiger charge is -2.16. The number of nitrogens with two attached hydrogens (primary N) is 1. The standard InChI is InChI=1S/C11H12F6N2/c12-10(13,14)7-2-3-9(19-5-1-4-18)8(6-7)11(15,16)17/h2-3,6,19H,1,4-5,18H2. The number of hydrogen-bond acceptors (Lipinski definition) is 2. The minimum atomic E-state index is -4.85. The molecule has 1 aromatic carbocycles. The molecule has 0 atom stereocenters. The Labute approximate surface area is 105 Å². The second kappa shape index (κ2) is 5.68. The molecular weight excluding hydrogens is 274 g/mol. The molecule has 0 radical (unpaired) electrons. The van der Waals surface area contributed by atoms with E-state index in [-0.39, 0.29) is 24.8 Å². The van der Waals surface area contributed by atoms with Crippen molar-refractivity contribution in [1.29, 1.82) is 0 Å². The van der Waals surface area contributed by atoms with Crippen molar-refractivity contribution in [2.24, 2.45) is 5.73 Å². The molecule has 0 bridgehead atoms. The zero-order valence-electron chi connectivity index (χ0n) is 9.70. The average molecular weight is 286 g/mol. The Bertz CT molecular complexity index is 424. The largest absolute Gasteiger partial charge is 0.418 e. The molecule has 0 aliphatic rings. The molecule has 1 rings (SSSR count). The van der Waals surface area contributed by atoms with Crippen LogP contribution in [-0.2, 0) is 12.4 Å². The Morgan fingerprint density at radius 2 is 1.63 bits per heavy atom. The summed E-state index contributed by atoms with van der Waals surface area (Å²) < 4.78 is 75.3. The zero-order valence-corrected chi connectivity index (χ0v) is 9.70. The maximum absolute atomic E-state index is 12.7. The first-order chi connectivity index (χ1) is 8.66. The van der Waals surface area contributed by atoms with Gasteiger partial charge in [0.05, 0.1) is 11.1 Å². The van der Waals surface area contributed by atoms with Crippen LogP contribution >= 0.6 is 0 Å². The Kier molecular flexibility index (Phi) is 4.67. The molecule has 0 saturated heterocycles. The van der Waals surface area contributed by atoms with Gasteiger partial charge in [-0.3, -0.25) is 0 Å². The summed E-state index contributed by atoms with van der Waals surface area (Å²) in [5.74, 6) is 0. The summed E-state index contributed by atoms with van der Waals surface area (Å²) in [7, 11) is 0. The number of halogens is 6. The quantitative estimate of drug-likeness (QED) is 0.657. The van der Waals surface area contributed by atoms with Crippen molar-refractivity contribution in [3.63, 3.8) is 0 Å². The van der Waals surface area contributed by atoms with Crippen LogP contribution in [0.3, 0.4) is 0 Å². The van der Waals surface area contributed by atoms with Crippen LogP contribution in [0.5, 0.6) is 0 Å². The summed E-state index contributed by atoms with van der Waals surface area (Å²) in [6, 6.07) is 1.49. The number of anilines is 1. The number of alkyl halides is 6. The predicted molar refractivity (Wildman–Crippen MR) is 58.6 cm³/mol. The second-order valence-electron chi connectivity index (χ2n) is 3.82. The fourth-order valence-electron chi connectivity index (χ4n) is 1.43. The summed E-state index contributed by atoms with van der Waals surface area (Å²) in [4.78, 5) is 0. The molecule has 0 heterocycles. The Hall–Kier alpha value is -1.44. The summed E-state index contributed by atoms with van der Waals surface area (Å²) >= 11 is 0. The third-order valence-electron chi connectivity index (χ3n) is 2.35. The molecular formula is C11H12F6N2. The van der Waals surface area contributed by atoms with Gasteiger partial charge < -0.3 is 11.1 Å². The van der Waals surface area contributed by atoms with Crippen molar-refractivity contribution in [1.82, 2.24) is 0 Å². The van der Waals surface area contributed by atoms with Crippen molar-refractivity contribution in [2.75, 3.05) is 18.4 Å². The lowest BCUT2D eigenvalue weighted by atomic mass is 10.1. The fraction of sp³-hybridized carbons (Fsp3) is 0.455. The molecule has 3 N–H and O–H groups in total. The Balaban J connectivity index is 3.11. The second-order valence-corrected chi connectivity index (χ2v) is 3.82. The van der Waals surface area contributed by atoms with E-state index in [0.717, 1.165) is 6.07 Å². The van der Waals surface area contributed by atoms with Crippen molar-refractivity contribution in [3.8, 4) is 0 Å². The van der Waals surface area contributed by atoms with Crippen molar-refractivity contribution in [2.45, 2.75) is 18.8 Å². The van der Waals surface area contributed by atoms with Crippen LogP contribution in [-0.4, -0.2) is 13.1 Å². The van der Waals surface area contributed by atoms with Crippen LogP contribution < -0.4 is 11.1 Å². The maximum Gasteiger partial charge on any atom is 0.418 e. The van der Waals surface area contributed by atoms with Crippen LogP contribution in [0.25, 0.3) is 0 Å². The molecule has 0 amide bonds. The van der Waals surface area contributed by atoms with E-state index < -0.39 is 23.5 Å². The fourth-order valence-corrected chi connectivity index (χ4v) is 1.43. The van der Waals surface area contributed by atoms with Crippen LogP contribution in [0, 0.1) is 0 Å². The summed E-state index contributed by atoms with van der Waals surface area (Å²) in [5.41, 5.74) is 2.14. The molecule has 2 nitrogen and oxygen atoms in total. The SMILES string of the molecule is NCCCNc1ccc(C(F)(F)F)cc1C(F)(F)F. The highest BCUT2D eigenvalue weighted by atomic mass is 19.4. The van der Waals surface area contributed by atoms with Gasteiger partial charge in [-0.25, -0.2) is 0 Å². The smallest absolute Gasteiger partial charge is 0.385 e. The lowest BCUT2D eigenvalue weighted by molar-refractivity contribution is -0.142. The highest BCUT2D eigenvalue weighted by molar-refractivity contribution is 5.54. The van der Waals surface area contributed by atoms with E-state index in [2.05, 4.69) is 5.32 Å². The molecule has 8 heteroatoms. The van der Waals surface area contributed by atoms with Crippen molar-refractivity contribution < 1.29 is 26.3 Å². The van der Waals surface area contributed by atoms with E-state index in [1.807, 2.05) is 0 Å². The monoisotopic (exact) mass is 286 g/mol. The van der Waals surface area contributed by atoms with Gasteiger partial charge in [0.25, 0.3) is 0 Å². The molecule has 108 valence electrons. The summed E-state index contributed by atoms with van der Waals surface area (Å²) in [6.45, 7) is 0.430. The van der Waals surface area contributed by atoms with E-state index in [4.69, 9.17) is 5.73 Å². The van der Waals surface area contributed by atoms with Gasteiger partial charge in [0.2, 0.25) is 0 Å². The van der Waals surface area contributed by atoms with Crippen LogP contribution in [0.15, 0.2) is 18.2 Å². The molecule has 0 unspecified atom stereocenters. The number of rotatable bonds is 4. The van der Waals surface area contributed by atoms with Gasteiger partial charge in [-0.2, -0.15) is 26.3 Å². The molecule has 0 saturated carbocycles. The Morgan fingerprint density at radius 1 is 1.00 bits per heavy atom. The molecule has 1 aromatic rings. The lowest BCUT2D eigenvalue weighted by Crippen LogP contribution is -2.15. The van der Waals surface area contributed by atoms with Crippen molar-refractivity contribution >= 4 is 5.69 Å². The molecule has 0 fully saturated rings. The van der Waals surface area contributed by atoms with E-state index in [1.54, 1.807) is 0 Å². The van der Waals surface area contributed by atoms with Gasteiger partial charge in [0, 0.05) is 12.2 Å². The molecule has 0 aromatic heterocycles. The van der Waals surface area contributed by atoms with Gasteiger partial charge in [-0.1, -0.05) is 0 Å². The van der Waals surface area contributed by atoms with E-state index in [1.165, 1.54) is 0 Å². The van der Waals surface area contributed by atoms with Gasteiger partial charge in [0.15, 0.2) is 0 Å². The highest BCUT2D eigenvalue weighted by Gasteiger charge is 2.38. The molecule has 0 aliphatic carbocycles. The summed E-state index contributed by atoms with van der Waals surface area (Å²) in [6.07, 6.45) is -9.25. The number of benzene rings is 1.